The molecule has 1 amide bonds. The predicted octanol–water partition coefficient (Wildman–Crippen LogP) is 0.565. The number of ether oxygens (including phenoxy) is 1. The van der Waals surface area contributed by atoms with Crippen molar-refractivity contribution in [3.05, 3.63) is 23.0 Å². The Bertz CT molecular complexity index is 466. The molecule has 1 aromatic heterocycles. The predicted molar refractivity (Wildman–Crippen MR) is 77.2 cm³/mol. The fourth-order valence-corrected chi connectivity index (χ4v) is 1.80. The molecule has 0 saturated carbocycles. The zero-order valence-corrected chi connectivity index (χ0v) is 12.3. The molecule has 1 aromatic rings. The van der Waals surface area contributed by atoms with Crippen LogP contribution in [0.15, 0.2) is 6.08 Å². The number of amides is 1. The highest BCUT2D eigenvalue weighted by Gasteiger charge is 2.06. The molecule has 0 aliphatic heterocycles. The van der Waals surface area contributed by atoms with E-state index in [0.29, 0.717) is 19.8 Å². The van der Waals surface area contributed by atoms with Crippen LogP contribution in [-0.2, 0) is 16.6 Å². The molecule has 0 aliphatic rings. The topological polar surface area (TPSA) is 76.4 Å². The van der Waals surface area contributed by atoms with Crippen LogP contribution in [0.25, 0.3) is 6.08 Å². The summed E-state index contributed by atoms with van der Waals surface area (Å²) < 4.78 is 6.89. The minimum Gasteiger partial charge on any atom is -0.394 e. The van der Waals surface area contributed by atoms with Gasteiger partial charge in [-0.3, -0.25) is 9.48 Å². The number of carbonyl (C=O) groups is 1. The van der Waals surface area contributed by atoms with Crippen LogP contribution in [0.4, 0.5) is 0 Å². The minimum atomic E-state index is -0.130. The Morgan fingerprint density at radius 3 is 2.80 bits per heavy atom. The minimum absolute atomic E-state index is 0.0267. The van der Waals surface area contributed by atoms with Crippen LogP contribution in [0.3, 0.4) is 0 Å². The number of hydrogen-bond acceptors (Lipinski definition) is 4. The number of hydrogen-bond donors (Lipinski definition) is 2. The molecule has 2 N–H and O–H groups in total. The third-order valence-electron chi connectivity index (χ3n) is 2.97. The summed E-state index contributed by atoms with van der Waals surface area (Å²) in [6.45, 7) is 5.34. The first-order chi connectivity index (χ1) is 9.56. The lowest BCUT2D eigenvalue weighted by atomic mass is 10.2. The molecule has 0 bridgehead atoms. The quantitative estimate of drug-likeness (QED) is 0.539. The Kier molecular flexibility index (Phi) is 6.97. The molecule has 0 radical (unpaired) electrons. The maximum atomic E-state index is 11.6. The first-order valence-corrected chi connectivity index (χ1v) is 6.71. The first-order valence-electron chi connectivity index (χ1n) is 6.71. The van der Waals surface area contributed by atoms with Crippen LogP contribution in [0.2, 0.25) is 0 Å². The van der Waals surface area contributed by atoms with Gasteiger partial charge in [0.1, 0.15) is 0 Å². The van der Waals surface area contributed by atoms with E-state index in [-0.39, 0.29) is 12.5 Å². The van der Waals surface area contributed by atoms with Crippen molar-refractivity contribution in [3.8, 4) is 0 Å². The third kappa shape index (κ3) is 5.14. The van der Waals surface area contributed by atoms with E-state index in [1.165, 1.54) is 6.08 Å². The molecule has 0 spiro atoms. The fourth-order valence-electron chi connectivity index (χ4n) is 1.80. The van der Waals surface area contributed by atoms with E-state index in [2.05, 4.69) is 10.4 Å². The van der Waals surface area contributed by atoms with Crippen molar-refractivity contribution in [1.29, 1.82) is 0 Å². The number of aryl methyl sites for hydroxylation is 2. The largest absolute Gasteiger partial charge is 0.394 e. The fraction of sp³-hybridized carbons (Fsp3) is 0.571. The average molecular weight is 281 g/mol. The van der Waals surface area contributed by atoms with E-state index in [1.807, 2.05) is 20.9 Å². The second-order valence-electron chi connectivity index (χ2n) is 4.52. The molecule has 0 unspecified atom stereocenters. The summed E-state index contributed by atoms with van der Waals surface area (Å²) in [6, 6.07) is 0. The molecule has 20 heavy (non-hydrogen) atoms. The highest BCUT2D eigenvalue weighted by atomic mass is 16.5. The Labute approximate surface area is 119 Å². The van der Waals surface area contributed by atoms with Crippen molar-refractivity contribution in [3.63, 3.8) is 0 Å². The molecule has 1 rings (SSSR count). The highest BCUT2D eigenvalue weighted by Crippen LogP contribution is 2.13. The number of rotatable bonds is 8. The second kappa shape index (κ2) is 8.50. The van der Waals surface area contributed by atoms with E-state index < -0.39 is 0 Å². The SMILES string of the molecule is Cc1nn(C)c(C)c1/C=C/C(=O)NCCCOCCO. The van der Waals surface area contributed by atoms with E-state index in [1.54, 1.807) is 10.8 Å². The highest BCUT2D eigenvalue weighted by molar-refractivity contribution is 5.91. The third-order valence-corrected chi connectivity index (χ3v) is 2.97. The summed E-state index contributed by atoms with van der Waals surface area (Å²) in [5, 5.41) is 15.6. The molecule has 112 valence electrons. The summed E-state index contributed by atoms with van der Waals surface area (Å²) in [5.74, 6) is -0.130. The molecule has 0 aromatic carbocycles. The van der Waals surface area contributed by atoms with Crippen molar-refractivity contribution in [2.45, 2.75) is 20.3 Å². The normalized spacial score (nSPS) is 11.2. The lowest BCUT2D eigenvalue weighted by molar-refractivity contribution is -0.116. The van der Waals surface area contributed by atoms with Gasteiger partial charge in [-0.15, -0.1) is 0 Å². The van der Waals surface area contributed by atoms with Crippen LogP contribution in [0.1, 0.15) is 23.4 Å². The molecule has 0 aliphatic carbocycles. The first kappa shape index (κ1) is 16.4. The Morgan fingerprint density at radius 1 is 1.45 bits per heavy atom. The van der Waals surface area contributed by atoms with E-state index in [4.69, 9.17) is 9.84 Å². The zero-order chi connectivity index (χ0) is 15.0. The molecule has 0 fully saturated rings. The second-order valence-corrected chi connectivity index (χ2v) is 4.52. The number of nitrogens with one attached hydrogen (secondary N) is 1. The number of aliphatic hydroxyl groups is 1. The molecular formula is C14H23N3O3. The molecule has 1 heterocycles. The number of nitrogens with zero attached hydrogens (tertiary/aromatic N) is 2. The van der Waals surface area contributed by atoms with Gasteiger partial charge in [-0.1, -0.05) is 0 Å². The molecular weight excluding hydrogens is 258 g/mol. The Balaban J connectivity index is 2.33. The average Bonchev–Trinajstić information content (AvgIpc) is 2.65. The maximum absolute atomic E-state index is 11.6. The van der Waals surface area contributed by atoms with Gasteiger partial charge in [-0.25, -0.2) is 0 Å². The number of aromatic nitrogens is 2. The molecule has 6 nitrogen and oxygen atoms in total. The summed E-state index contributed by atoms with van der Waals surface area (Å²) in [6.07, 6.45) is 4.03. The van der Waals surface area contributed by atoms with Crippen LogP contribution >= 0.6 is 0 Å². The Morgan fingerprint density at radius 2 is 2.20 bits per heavy atom. The Hall–Kier alpha value is -1.66. The molecule has 0 atom stereocenters. The maximum Gasteiger partial charge on any atom is 0.244 e. The van der Waals surface area contributed by atoms with Gasteiger partial charge in [0, 0.05) is 37.5 Å². The van der Waals surface area contributed by atoms with Crippen LogP contribution in [-0.4, -0.2) is 47.2 Å². The standard InChI is InChI=1S/C14H23N3O3/c1-11-13(12(2)17(3)16-11)5-6-14(19)15-7-4-9-20-10-8-18/h5-6,18H,4,7-10H2,1-3H3,(H,15,19)/b6-5+. The van der Waals surface area contributed by atoms with Gasteiger partial charge >= 0.3 is 0 Å². The van der Waals surface area contributed by atoms with Crippen molar-refractivity contribution < 1.29 is 14.6 Å². The molecule has 6 heteroatoms. The van der Waals surface area contributed by atoms with Crippen molar-refractivity contribution >= 4 is 12.0 Å². The van der Waals surface area contributed by atoms with Gasteiger partial charge in [0.05, 0.1) is 18.9 Å². The van der Waals surface area contributed by atoms with E-state index in [0.717, 1.165) is 23.4 Å². The van der Waals surface area contributed by atoms with Gasteiger partial charge < -0.3 is 15.2 Å². The zero-order valence-electron chi connectivity index (χ0n) is 12.3. The summed E-state index contributed by atoms with van der Waals surface area (Å²) >= 11 is 0. The lowest BCUT2D eigenvalue weighted by Crippen LogP contribution is -2.23. The summed E-state index contributed by atoms with van der Waals surface area (Å²) in [4.78, 5) is 11.6. The monoisotopic (exact) mass is 281 g/mol. The van der Waals surface area contributed by atoms with Gasteiger partial charge in [-0.2, -0.15) is 5.10 Å². The molecule has 0 saturated heterocycles. The number of carbonyl (C=O) groups excluding carboxylic acids is 1. The van der Waals surface area contributed by atoms with E-state index in [9.17, 15) is 4.79 Å². The van der Waals surface area contributed by atoms with Gasteiger partial charge in [0.15, 0.2) is 0 Å². The van der Waals surface area contributed by atoms with Crippen LogP contribution in [0, 0.1) is 13.8 Å². The summed E-state index contributed by atoms with van der Waals surface area (Å²) in [7, 11) is 1.88. The van der Waals surface area contributed by atoms with Crippen molar-refractivity contribution in [2.75, 3.05) is 26.4 Å². The van der Waals surface area contributed by atoms with Crippen LogP contribution < -0.4 is 5.32 Å². The van der Waals surface area contributed by atoms with Crippen molar-refractivity contribution in [1.82, 2.24) is 15.1 Å². The van der Waals surface area contributed by atoms with Gasteiger partial charge in [0.2, 0.25) is 5.91 Å². The van der Waals surface area contributed by atoms with Gasteiger partial charge in [0.25, 0.3) is 0 Å². The lowest BCUT2D eigenvalue weighted by Gasteiger charge is -2.03. The van der Waals surface area contributed by atoms with Crippen LogP contribution in [0.5, 0.6) is 0 Å². The number of aliphatic hydroxyl groups excluding tert-OH is 1. The summed E-state index contributed by atoms with van der Waals surface area (Å²) in [5.41, 5.74) is 2.92. The van der Waals surface area contributed by atoms with Crippen molar-refractivity contribution in [2.24, 2.45) is 7.05 Å². The van der Waals surface area contributed by atoms with Gasteiger partial charge in [-0.05, 0) is 26.3 Å². The van der Waals surface area contributed by atoms with E-state index >= 15 is 0 Å². The smallest absolute Gasteiger partial charge is 0.244 e.